The van der Waals surface area contributed by atoms with E-state index in [-0.39, 0.29) is 12.4 Å². The van der Waals surface area contributed by atoms with Crippen molar-refractivity contribution in [1.82, 2.24) is 5.32 Å². The molecule has 0 saturated carbocycles. The predicted molar refractivity (Wildman–Crippen MR) is 88.2 cm³/mol. The first-order valence-electron chi connectivity index (χ1n) is 7.29. The van der Waals surface area contributed by atoms with Gasteiger partial charge in [-0.3, -0.25) is 9.79 Å². The zero-order valence-corrected chi connectivity index (χ0v) is 13.4. The standard InChI is InChI=1S/C16H20N2O3S/c1-12(19)14(7-8-15-17-9-10-22-15)18-16(20)21-11-13-5-3-2-4-6-13/h2-6,14H,7-11H2,1H3,(H,18,20)/t14-/m0/s1. The summed E-state index contributed by atoms with van der Waals surface area (Å²) in [4.78, 5) is 27.8. The van der Waals surface area contributed by atoms with Crippen molar-refractivity contribution in [1.29, 1.82) is 0 Å². The summed E-state index contributed by atoms with van der Waals surface area (Å²) in [5.74, 6) is 0.937. The van der Waals surface area contributed by atoms with Gasteiger partial charge in [-0.15, -0.1) is 11.8 Å². The summed E-state index contributed by atoms with van der Waals surface area (Å²) in [6.07, 6.45) is 0.709. The van der Waals surface area contributed by atoms with Gasteiger partial charge in [0.1, 0.15) is 6.61 Å². The van der Waals surface area contributed by atoms with Gasteiger partial charge < -0.3 is 10.1 Å². The van der Waals surface area contributed by atoms with Gasteiger partial charge in [-0.25, -0.2) is 4.79 Å². The Hall–Kier alpha value is -1.82. The topological polar surface area (TPSA) is 67.8 Å². The minimum absolute atomic E-state index is 0.0692. The molecule has 22 heavy (non-hydrogen) atoms. The number of ether oxygens (including phenoxy) is 1. The Morgan fingerprint density at radius 2 is 2.14 bits per heavy atom. The molecule has 1 aliphatic heterocycles. The van der Waals surface area contributed by atoms with Crippen molar-refractivity contribution in [3.05, 3.63) is 35.9 Å². The fourth-order valence-corrected chi connectivity index (χ4v) is 2.95. The summed E-state index contributed by atoms with van der Waals surface area (Å²) in [5, 5.41) is 3.70. The van der Waals surface area contributed by atoms with E-state index in [2.05, 4.69) is 10.3 Å². The molecular weight excluding hydrogens is 300 g/mol. The Morgan fingerprint density at radius 1 is 1.36 bits per heavy atom. The van der Waals surface area contributed by atoms with E-state index in [1.54, 1.807) is 11.8 Å². The summed E-state index contributed by atoms with van der Waals surface area (Å²) in [5.41, 5.74) is 0.911. The number of nitrogens with zero attached hydrogens (tertiary/aromatic N) is 1. The molecule has 0 saturated heterocycles. The highest BCUT2D eigenvalue weighted by Crippen LogP contribution is 2.17. The third-order valence-corrected chi connectivity index (χ3v) is 4.34. The van der Waals surface area contributed by atoms with Crippen LogP contribution < -0.4 is 5.32 Å². The molecule has 6 heteroatoms. The number of hydrogen-bond acceptors (Lipinski definition) is 5. The Labute approximate surface area is 134 Å². The van der Waals surface area contributed by atoms with Crippen molar-refractivity contribution in [2.24, 2.45) is 4.99 Å². The molecule has 2 rings (SSSR count). The maximum absolute atomic E-state index is 11.8. The second-order valence-corrected chi connectivity index (χ2v) is 6.20. The van der Waals surface area contributed by atoms with E-state index in [0.29, 0.717) is 12.8 Å². The van der Waals surface area contributed by atoms with Gasteiger partial charge in [-0.1, -0.05) is 30.3 Å². The second-order valence-electron chi connectivity index (χ2n) is 5.03. The van der Waals surface area contributed by atoms with Crippen LogP contribution in [0.15, 0.2) is 35.3 Å². The normalized spacial score (nSPS) is 15.0. The van der Waals surface area contributed by atoms with Crippen LogP contribution in [0.2, 0.25) is 0 Å². The van der Waals surface area contributed by atoms with E-state index >= 15 is 0 Å². The largest absolute Gasteiger partial charge is 0.445 e. The Balaban J connectivity index is 1.77. The van der Waals surface area contributed by atoms with Gasteiger partial charge in [0, 0.05) is 12.3 Å². The molecule has 1 aromatic carbocycles. The van der Waals surface area contributed by atoms with Crippen LogP contribution in [0.5, 0.6) is 0 Å². The second kappa shape index (κ2) is 8.58. The minimum atomic E-state index is -0.565. The number of hydrogen-bond donors (Lipinski definition) is 1. The highest BCUT2D eigenvalue weighted by molar-refractivity contribution is 8.14. The smallest absolute Gasteiger partial charge is 0.408 e. The highest BCUT2D eigenvalue weighted by Gasteiger charge is 2.19. The minimum Gasteiger partial charge on any atom is -0.445 e. The zero-order valence-electron chi connectivity index (χ0n) is 12.6. The fourth-order valence-electron chi connectivity index (χ4n) is 2.08. The van der Waals surface area contributed by atoms with Crippen LogP contribution in [0.1, 0.15) is 25.3 Å². The number of aliphatic imine (C=N–C) groups is 1. The average Bonchev–Trinajstić information content (AvgIpc) is 3.03. The molecule has 0 fully saturated rings. The number of thioether (sulfide) groups is 1. The molecule has 1 heterocycles. The fraction of sp³-hybridized carbons (Fsp3) is 0.438. The first-order chi connectivity index (χ1) is 10.6. The molecule has 0 bridgehead atoms. The Kier molecular flexibility index (Phi) is 6.45. The molecule has 0 spiro atoms. The van der Waals surface area contributed by atoms with E-state index < -0.39 is 12.1 Å². The monoisotopic (exact) mass is 320 g/mol. The van der Waals surface area contributed by atoms with E-state index in [0.717, 1.165) is 22.9 Å². The van der Waals surface area contributed by atoms with Crippen molar-refractivity contribution in [3.63, 3.8) is 0 Å². The third-order valence-electron chi connectivity index (χ3n) is 3.29. The SMILES string of the molecule is CC(=O)[C@H](CCC1=NCCS1)NC(=O)OCc1ccccc1. The summed E-state index contributed by atoms with van der Waals surface area (Å²) in [7, 11) is 0. The number of amides is 1. The number of benzene rings is 1. The molecule has 1 aliphatic rings. The molecule has 0 aliphatic carbocycles. The summed E-state index contributed by atoms with van der Waals surface area (Å²) in [6, 6.07) is 8.91. The molecule has 0 aromatic heterocycles. The van der Waals surface area contributed by atoms with Gasteiger partial charge in [-0.2, -0.15) is 0 Å². The number of carbonyl (C=O) groups is 2. The molecule has 118 valence electrons. The lowest BCUT2D eigenvalue weighted by Gasteiger charge is -2.15. The molecule has 1 N–H and O–H groups in total. The van der Waals surface area contributed by atoms with E-state index in [4.69, 9.17) is 4.74 Å². The molecule has 0 unspecified atom stereocenters. The Bertz CT molecular complexity index is 546. The summed E-state index contributed by atoms with van der Waals surface area (Å²) in [6.45, 7) is 2.52. The first-order valence-corrected chi connectivity index (χ1v) is 8.27. The number of rotatable bonds is 7. The van der Waals surface area contributed by atoms with E-state index in [1.807, 2.05) is 30.3 Å². The molecule has 1 atom stereocenters. The molecular formula is C16H20N2O3S. The van der Waals surface area contributed by atoms with Crippen LogP contribution >= 0.6 is 11.8 Å². The first kappa shape index (κ1) is 16.5. The van der Waals surface area contributed by atoms with Gasteiger partial charge in [0.2, 0.25) is 0 Å². The zero-order chi connectivity index (χ0) is 15.8. The van der Waals surface area contributed by atoms with Crippen LogP contribution in [0.4, 0.5) is 4.79 Å². The lowest BCUT2D eigenvalue weighted by atomic mass is 10.1. The maximum atomic E-state index is 11.8. The van der Waals surface area contributed by atoms with Crippen molar-refractivity contribution in [2.45, 2.75) is 32.4 Å². The third kappa shape index (κ3) is 5.52. The Morgan fingerprint density at radius 3 is 2.77 bits per heavy atom. The quantitative estimate of drug-likeness (QED) is 0.839. The van der Waals surface area contributed by atoms with Gasteiger partial charge in [0.25, 0.3) is 0 Å². The van der Waals surface area contributed by atoms with Crippen molar-refractivity contribution < 1.29 is 14.3 Å². The molecule has 5 nitrogen and oxygen atoms in total. The van der Waals surface area contributed by atoms with Crippen molar-refractivity contribution in [2.75, 3.05) is 12.3 Å². The number of nitrogens with one attached hydrogen (secondary N) is 1. The number of Topliss-reactive ketones (excluding diaryl/α,β-unsaturated/α-hetero) is 1. The van der Waals surface area contributed by atoms with Gasteiger partial charge in [0.05, 0.1) is 11.1 Å². The van der Waals surface area contributed by atoms with E-state index in [9.17, 15) is 9.59 Å². The lowest BCUT2D eigenvalue weighted by Crippen LogP contribution is -2.40. The van der Waals surface area contributed by atoms with Crippen LogP contribution in [0, 0.1) is 0 Å². The summed E-state index contributed by atoms with van der Waals surface area (Å²) < 4.78 is 5.14. The predicted octanol–water partition coefficient (Wildman–Crippen LogP) is 2.80. The molecule has 0 radical (unpaired) electrons. The highest BCUT2D eigenvalue weighted by atomic mass is 32.2. The van der Waals surface area contributed by atoms with Crippen LogP contribution in [-0.4, -0.2) is 35.3 Å². The molecule has 1 aromatic rings. The van der Waals surface area contributed by atoms with Crippen LogP contribution in [-0.2, 0) is 16.1 Å². The van der Waals surface area contributed by atoms with Crippen LogP contribution in [0.3, 0.4) is 0 Å². The van der Waals surface area contributed by atoms with Crippen molar-refractivity contribution >= 4 is 28.7 Å². The number of ketones is 1. The lowest BCUT2D eigenvalue weighted by molar-refractivity contribution is -0.119. The summed E-state index contributed by atoms with van der Waals surface area (Å²) >= 11 is 1.72. The van der Waals surface area contributed by atoms with Gasteiger partial charge in [0.15, 0.2) is 5.78 Å². The van der Waals surface area contributed by atoms with Crippen LogP contribution in [0.25, 0.3) is 0 Å². The maximum Gasteiger partial charge on any atom is 0.408 e. The van der Waals surface area contributed by atoms with Gasteiger partial charge in [-0.05, 0) is 25.3 Å². The molecule has 1 amide bonds. The number of alkyl carbamates (subject to hydrolysis) is 1. The average molecular weight is 320 g/mol. The van der Waals surface area contributed by atoms with Gasteiger partial charge >= 0.3 is 6.09 Å². The van der Waals surface area contributed by atoms with E-state index in [1.165, 1.54) is 6.92 Å². The number of carbonyl (C=O) groups excluding carboxylic acids is 2. The van der Waals surface area contributed by atoms with Crippen molar-refractivity contribution in [3.8, 4) is 0 Å².